The number of sulfonamides is 2. The first-order chi connectivity index (χ1) is 16.5. The molecular formula is C27H39NO5S2. The smallest absolute Gasteiger partial charge is 0.248 e. The highest BCUT2D eigenvalue weighted by Crippen LogP contribution is 2.42. The Morgan fingerprint density at radius 2 is 1.37 bits per heavy atom. The molecule has 194 valence electrons. The Morgan fingerprint density at radius 1 is 0.800 bits per heavy atom. The summed E-state index contributed by atoms with van der Waals surface area (Å²) in [6.07, 6.45) is 5.95. The molecule has 3 rings (SSSR count). The summed E-state index contributed by atoms with van der Waals surface area (Å²) in [5.74, 6) is 0.936. The second kappa shape index (κ2) is 11.3. The lowest BCUT2D eigenvalue weighted by Crippen LogP contribution is -2.40. The normalized spacial score (nSPS) is 15.1. The number of hydrogen-bond donors (Lipinski definition) is 0. The molecule has 0 saturated heterocycles. The fraction of sp³-hybridized carbons (Fsp3) is 0.556. The van der Waals surface area contributed by atoms with Gasteiger partial charge in [-0.05, 0) is 72.6 Å². The van der Waals surface area contributed by atoms with Crippen molar-refractivity contribution in [1.29, 1.82) is 0 Å². The molecule has 35 heavy (non-hydrogen) atoms. The lowest BCUT2D eigenvalue weighted by Gasteiger charge is -2.24. The molecule has 0 spiro atoms. The van der Waals surface area contributed by atoms with Crippen molar-refractivity contribution in [2.75, 3.05) is 15.2 Å². The predicted octanol–water partition coefficient (Wildman–Crippen LogP) is 6.45. The van der Waals surface area contributed by atoms with Gasteiger partial charge in [0.2, 0.25) is 20.0 Å². The number of anilines is 1. The molecule has 2 aromatic rings. The molecule has 0 unspecified atom stereocenters. The molecule has 0 amide bonds. The lowest BCUT2D eigenvalue weighted by molar-refractivity contribution is 0.387. The van der Waals surface area contributed by atoms with Gasteiger partial charge in [-0.1, -0.05) is 65.5 Å². The van der Waals surface area contributed by atoms with Gasteiger partial charge in [-0.15, -0.1) is 0 Å². The first-order valence-corrected chi connectivity index (χ1v) is 15.9. The molecule has 1 aliphatic carbocycles. The fourth-order valence-electron chi connectivity index (χ4n) is 4.62. The number of benzene rings is 2. The average Bonchev–Trinajstić information content (AvgIpc) is 3.10. The van der Waals surface area contributed by atoms with E-state index in [0.717, 1.165) is 44.3 Å². The SMILES string of the molecule is CCCCCS(=O)(=O)N(c1ccc(Oc2cccc3c2CC(C)(C)C3)cc1)S(=O)(=O)CCCCC. The topological polar surface area (TPSA) is 80.8 Å². The molecule has 0 heterocycles. The minimum atomic E-state index is -4.03. The molecule has 1 aliphatic rings. The van der Waals surface area contributed by atoms with Crippen LogP contribution in [-0.2, 0) is 32.9 Å². The van der Waals surface area contributed by atoms with E-state index in [1.165, 1.54) is 23.3 Å². The van der Waals surface area contributed by atoms with Crippen molar-refractivity contribution in [3.8, 4) is 11.5 Å². The van der Waals surface area contributed by atoms with Crippen LogP contribution in [-0.4, -0.2) is 28.3 Å². The van der Waals surface area contributed by atoms with E-state index in [-0.39, 0.29) is 22.6 Å². The van der Waals surface area contributed by atoms with E-state index in [2.05, 4.69) is 19.9 Å². The molecule has 8 heteroatoms. The van der Waals surface area contributed by atoms with Gasteiger partial charge in [-0.25, -0.2) is 16.8 Å². The number of rotatable bonds is 13. The van der Waals surface area contributed by atoms with Gasteiger partial charge in [0.25, 0.3) is 0 Å². The highest BCUT2D eigenvalue weighted by molar-refractivity contribution is 8.10. The number of fused-ring (bicyclic) bond motifs is 1. The molecule has 2 aromatic carbocycles. The summed E-state index contributed by atoms with van der Waals surface area (Å²) in [5.41, 5.74) is 2.79. The van der Waals surface area contributed by atoms with E-state index in [1.54, 1.807) is 12.1 Å². The van der Waals surface area contributed by atoms with Crippen LogP contribution in [0.4, 0.5) is 5.69 Å². The maximum absolute atomic E-state index is 13.2. The zero-order chi connectivity index (χ0) is 25.7. The molecule has 0 aromatic heterocycles. The van der Waals surface area contributed by atoms with Crippen LogP contribution < -0.4 is 8.45 Å². The molecule has 0 N–H and O–H groups in total. The number of hydrogen-bond acceptors (Lipinski definition) is 5. The van der Waals surface area contributed by atoms with E-state index in [9.17, 15) is 16.8 Å². The van der Waals surface area contributed by atoms with Gasteiger partial charge in [0, 0.05) is 0 Å². The molecule has 0 fully saturated rings. The summed E-state index contributed by atoms with van der Waals surface area (Å²) < 4.78 is 59.5. The highest BCUT2D eigenvalue weighted by atomic mass is 32.3. The maximum Gasteiger partial charge on any atom is 0.248 e. The standard InChI is InChI=1S/C27H39NO5S2/c1-5-7-9-18-34(29,30)28(35(31,32)19-10-8-6-2)23-14-16-24(17-15-23)33-26-13-11-12-22-20-27(3,4)21-25(22)26/h11-17H,5-10,18-21H2,1-4H3. The van der Waals surface area contributed by atoms with Crippen LogP contribution in [0.5, 0.6) is 11.5 Å². The van der Waals surface area contributed by atoms with E-state index < -0.39 is 20.0 Å². The first-order valence-electron chi connectivity index (χ1n) is 12.6. The first kappa shape index (κ1) is 27.5. The fourth-order valence-corrected chi connectivity index (χ4v) is 8.81. The number of ether oxygens (including phenoxy) is 1. The van der Waals surface area contributed by atoms with E-state index in [4.69, 9.17) is 4.74 Å². The molecular weight excluding hydrogens is 482 g/mol. The van der Waals surface area contributed by atoms with Crippen LogP contribution in [0.2, 0.25) is 0 Å². The van der Waals surface area contributed by atoms with E-state index in [1.807, 2.05) is 26.0 Å². The molecule has 0 atom stereocenters. The highest BCUT2D eigenvalue weighted by Gasteiger charge is 2.34. The van der Waals surface area contributed by atoms with Crippen molar-refractivity contribution in [2.45, 2.75) is 79.1 Å². The third-order valence-electron chi connectivity index (χ3n) is 6.35. The summed E-state index contributed by atoms with van der Waals surface area (Å²) in [5, 5.41) is 0. The minimum Gasteiger partial charge on any atom is -0.457 e. The van der Waals surface area contributed by atoms with Crippen LogP contribution in [0.1, 0.15) is 77.3 Å². The zero-order valence-corrected chi connectivity index (χ0v) is 23.1. The number of unbranched alkanes of at least 4 members (excludes halogenated alkanes) is 4. The lowest BCUT2D eigenvalue weighted by atomic mass is 9.90. The Labute approximate surface area is 211 Å². The van der Waals surface area contributed by atoms with Crippen molar-refractivity contribution < 1.29 is 21.6 Å². The van der Waals surface area contributed by atoms with Gasteiger partial charge in [0.05, 0.1) is 17.2 Å². The summed E-state index contributed by atoms with van der Waals surface area (Å²) >= 11 is 0. The van der Waals surface area contributed by atoms with Crippen molar-refractivity contribution in [3.05, 3.63) is 53.6 Å². The van der Waals surface area contributed by atoms with Gasteiger partial charge in [-0.3, -0.25) is 0 Å². The van der Waals surface area contributed by atoms with Gasteiger partial charge in [0.1, 0.15) is 11.5 Å². The third kappa shape index (κ3) is 7.00. The zero-order valence-electron chi connectivity index (χ0n) is 21.4. The Hall–Kier alpha value is -2.06. The predicted molar refractivity (Wildman–Crippen MR) is 143 cm³/mol. The maximum atomic E-state index is 13.2. The second-order valence-electron chi connectivity index (χ2n) is 10.3. The average molecular weight is 522 g/mol. The van der Waals surface area contributed by atoms with Gasteiger partial charge in [0.15, 0.2) is 0 Å². The van der Waals surface area contributed by atoms with Crippen LogP contribution in [0, 0.1) is 5.41 Å². The minimum absolute atomic E-state index is 0.129. The van der Waals surface area contributed by atoms with Crippen molar-refractivity contribution in [1.82, 2.24) is 0 Å². The van der Waals surface area contributed by atoms with E-state index >= 15 is 0 Å². The molecule has 0 aliphatic heterocycles. The summed E-state index contributed by atoms with van der Waals surface area (Å²) in [6.45, 7) is 8.44. The van der Waals surface area contributed by atoms with E-state index in [0.29, 0.717) is 22.3 Å². The Morgan fingerprint density at radius 3 is 1.91 bits per heavy atom. The summed E-state index contributed by atoms with van der Waals surface area (Å²) in [7, 11) is -8.06. The van der Waals surface area contributed by atoms with Crippen LogP contribution in [0.25, 0.3) is 0 Å². The van der Waals surface area contributed by atoms with Crippen molar-refractivity contribution in [3.63, 3.8) is 0 Å². The summed E-state index contributed by atoms with van der Waals surface area (Å²) in [6, 6.07) is 12.4. The molecule has 0 saturated carbocycles. The van der Waals surface area contributed by atoms with Gasteiger partial charge >= 0.3 is 0 Å². The monoisotopic (exact) mass is 521 g/mol. The second-order valence-corrected chi connectivity index (χ2v) is 14.4. The Balaban J connectivity index is 1.87. The third-order valence-corrected chi connectivity index (χ3v) is 10.8. The summed E-state index contributed by atoms with van der Waals surface area (Å²) in [4.78, 5) is 0. The quantitative estimate of drug-likeness (QED) is 0.283. The van der Waals surface area contributed by atoms with Crippen LogP contribution in [0.3, 0.4) is 0 Å². The largest absolute Gasteiger partial charge is 0.457 e. The van der Waals surface area contributed by atoms with Crippen molar-refractivity contribution in [2.24, 2.45) is 5.41 Å². The van der Waals surface area contributed by atoms with Crippen LogP contribution >= 0.6 is 0 Å². The molecule has 6 nitrogen and oxygen atoms in total. The van der Waals surface area contributed by atoms with Gasteiger partial charge in [-0.2, -0.15) is 3.71 Å². The Kier molecular flexibility index (Phi) is 8.91. The Bertz CT molecular complexity index is 1160. The van der Waals surface area contributed by atoms with Crippen LogP contribution in [0.15, 0.2) is 42.5 Å². The number of nitrogens with zero attached hydrogens (tertiary/aromatic N) is 1. The van der Waals surface area contributed by atoms with Crippen molar-refractivity contribution >= 4 is 25.7 Å². The molecule has 0 bridgehead atoms. The molecule has 0 radical (unpaired) electrons. The van der Waals surface area contributed by atoms with Gasteiger partial charge < -0.3 is 4.74 Å².